The smallest absolute Gasteiger partial charge is 0.308 e. The first kappa shape index (κ1) is 13.6. The summed E-state index contributed by atoms with van der Waals surface area (Å²) in [6.45, 7) is 5.00. The first-order chi connectivity index (χ1) is 9.00. The number of aromatic nitrogens is 1. The molecule has 0 radical (unpaired) electrons. The number of carboxylic acid groups (broad SMARTS) is 1. The number of carbonyl (C=O) groups excluding carboxylic acids is 1. The molecule has 1 aromatic heterocycles. The van der Waals surface area contributed by atoms with Gasteiger partial charge in [0.25, 0.3) is 5.91 Å². The molecule has 0 bridgehead atoms. The van der Waals surface area contributed by atoms with E-state index in [0.29, 0.717) is 25.2 Å². The van der Waals surface area contributed by atoms with Crippen LogP contribution in [0.15, 0.2) is 18.3 Å². The molecule has 0 spiro atoms. The molecular formula is C14H20N2O3. The van der Waals surface area contributed by atoms with E-state index in [0.717, 1.165) is 6.42 Å². The minimum atomic E-state index is -0.809. The highest BCUT2D eigenvalue weighted by Gasteiger charge is 2.29. The molecule has 19 heavy (non-hydrogen) atoms. The van der Waals surface area contributed by atoms with Gasteiger partial charge in [0, 0.05) is 25.3 Å². The number of amides is 1. The highest BCUT2D eigenvalue weighted by Crippen LogP contribution is 2.20. The molecule has 5 heteroatoms. The van der Waals surface area contributed by atoms with E-state index in [4.69, 9.17) is 5.11 Å². The number of rotatable bonds is 3. The summed E-state index contributed by atoms with van der Waals surface area (Å²) < 4.78 is 1.92. The average molecular weight is 264 g/mol. The van der Waals surface area contributed by atoms with Crippen molar-refractivity contribution in [2.45, 2.75) is 32.7 Å². The van der Waals surface area contributed by atoms with Crippen LogP contribution in [-0.4, -0.2) is 39.5 Å². The molecular weight excluding hydrogens is 244 g/mol. The van der Waals surface area contributed by atoms with Gasteiger partial charge in [0.1, 0.15) is 5.69 Å². The molecule has 1 aliphatic rings. The van der Waals surface area contributed by atoms with Gasteiger partial charge >= 0.3 is 5.97 Å². The van der Waals surface area contributed by atoms with Crippen LogP contribution >= 0.6 is 0 Å². The lowest BCUT2D eigenvalue weighted by atomic mass is 9.98. The number of hydrogen-bond acceptors (Lipinski definition) is 2. The quantitative estimate of drug-likeness (QED) is 0.908. The summed E-state index contributed by atoms with van der Waals surface area (Å²) in [5, 5.41) is 9.07. The van der Waals surface area contributed by atoms with Crippen molar-refractivity contribution in [2.75, 3.05) is 13.1 Å². The Bertz CT molecular complexity index is 479. The van der Waals surface area contributed by atoms with Crippen molar-refractivity contribution in [3.05, 3.63) is 24.0 Å². The van der Waals surface area contributed by atoms with Gasteiger partial charge < -0.3 is 14.6 Å². The van der Waals surface area contributed by atoms with Gasteiger partial charge in [-0.25, -0.2) is 0 Å². The second-order valence-corrected chi connectivity index (χ2v) is 5.32. The first-order valence-electron chi connectivity index (χ1n) is 6.69. The zero-order valence-electron chi connectivity index (χ0n) is 11.4. The molecule has 2 rings (SSSR count). The Kier molecular flexibility index (Phi) is 3.93. The minimum absolute atomic E-state index is 0.0651. The number of carbonyl (C=O) groups is 2. The van der Waals surface area contributed by atoms with Gasteiger partial charge in [0.2, 0.25) is 0 Å². The monoisotopic (exact) mass is 264 g/mol. The van der Waals surface area contributed by atoms with Gasteiger partial charge in [-0.3, -0.25) is 9.59 Å². The van der Waals surface area contributed by atoms with Crippen LogP contribution in [0.1, 0.15) is 43.2 Å². The minimum Gasteiger partial charge on any atom is -0.481 e. The predicted molar refractivity (Wildman–Crippen MR) is 71.1 cm³/mol. The second kappa shape index (κ2) is 5.47. The van der Waals surface area contributed by atoms with E-state index >= 15 is 0 Å². The lowest BCUT2D eigenvalue weighted by Gasteiger charge is -2.31. The summed E-state index contributed by atoms with van der Waals surface area (Å²) in [5.74, 6) is -1.30. The van der Waals surface area contributed by atoms with E-state index < -0.39 is 11.9 Å². The van der Waals surface area contributed by atoms with Crippen molar-refractivity contribution >= 4 is 11.9 Å². The van der Waals surface area contributed by atoms with Crippen LogP contribution < -0.4 is 0 Å². The van der Waals surface area contributed by atoms with Crippen molar-refractivity contribution in [1.29, 1.82) is 0 Å². The Morgan fingerprint density at radius 3 is 2.79 bits per heavy atom. The van der Waals surface area contributed by atoms with E-state index in [-0.39, 0.29) is 11.9 Å². The van der Waals surface area contributed by atoms with Crippen molar-refractivity contribution < 1.29 is 14.7 Å². The topological polar surface area (TPSA) is 62.5 Å². The van der Waals surface area contributed by atoms with Crippen LogP contribution in [-0.2, 0) is 4.79 Å². The molecule has 1 atom stereocenters. The number of piperidine rings is 1. The zero-order valence-corrected chi connectivity index (χ0v) is 11.4. The Balaban J connectivity index is 2.15. The highest BCUT2D eigenvalue weighted by atomic mass is 16.4. The van der Waals surface area contributed by atoms with E-state index in [2.05, 4.69) is 0 Å². The maximum atomic E-state index is 12.5. The van der Waals surface area contributed by atoms with Gasteiger partial charge in [-0.15, -0.1) is 0 Å². The first-order valence-corrected chi connectivity index (χ1v) is 6.69. The fourth-order valence-electron chi connectivity index (χ4n) is 2.55. The summed E-state index contributed by atoms with van der Waals surface area (Å²) in [6, 6.07) is 3.87. The van der Waals surface area contributed by atoms with Crippen LogP contribution in [0.3, 0.4) is 0 Å². The van der Waals surface area contributed by atoms with Crippen LogP contribution in [0.2, 0.25) is 0 Å². The van der Waals surface area contributed by atoms with E-state index in [1.54, 1.807) is 11.0 Å². The molecule has 1 aliphatic heterocycles. The van der Waals surface area contributed by atoms with Crippen LogP contribution in [0, 0.1) is 5.92 Å². The SMILES string of the molecule is CC(C)n1cccc1C(=O)N1CCC[C@H](C(=O)O)C1. The van der Waals surface area contributed by atoms with Gasteiger partial charge in [-0.05, 0) is 38.8 Å². The second-order valence-electron chi connectivity index (χ2n) is 5.32. The Morgan fingerprint density at radius 1 is 1.42 bits per heavy atom. The molecule has 1 saturated heterocycles. The van der Waals surface area contributed by atoms with E-state index in [9.17, 15) is 9.59 Å². The molecule has 5 nitrogen and oxygen atoms in total. The molecule has 1 aromatic rings. The number of nitrogens with zero attached hydrogens (tertiary/aromatic N) is 2. The Hall–Kier alpha value is -1.78. The van der Waals surface area contributed by atoms with Crippen LogP contribution in [0.5, 0.6) is 0 Å². The number of carboxylic acids is 1. The van der Waals surface area contributed by atoms with Crippen LogP contribution in [0.25, 0.3) is 0 Å². The summed E-state index contributed by atoms with van der Waals surface area (Å²) in [5.41, 5.74) is 0.640. The van der Waals surface area contributed by atoms with Crippen molar-refractivity contribution in [3.8, 4) is 0 Å². The maximum Gasteiger partial charge on any atom is 0.308 e. The van der Waals surface area contributed by atoms with Gasteiger partial charge in [-0.1, -0.05) is 0 Å². The fourth-order valence-corrected chi connectivity index (χ4v) is 2.55. The molecule has 0 aromatic carbocycles. The fraction of sp³-hybridized carbons (Fsp3) is 0.571. The molecule has 1 fully saturated rings. The molecule has 0 saturated carbocycles. The summed E-state index contributed by atoms with van der Waals surface area (Å²) in [4.78, 5) is 25.2. The van der Waals surface area contributed by atoms with Crippen molar-refractivity contribution in [1.82, 2.24) is 9.47 Å². The van der Waals surface area contributed by atoms with Crippen molar-refractivity contribution in [3.63, 3.8) is 0 Å². The standard InChI is InChI=1S/C14H20N2O3/c1-10(2)16-8-4-6-12(16)13(17)15-7-3-5-11(9-15)14(18)19/h4,6,8,10-11H,3,5,7,9H2,1-2H3,(H,18,19)/t11-/m0/s1. The normalized spacial score (nSPS) is 19.7. The molecule has 0 aliphatic carbocycles. The maximum absolute atomic E-state index is 12.5. The zero-order chi connectivity index (χ0) is 14.0. The Morgan fingerprint density at radius 2 is 2.16 bits per heavy atom. The van der Waals surface area contributed by atoms with Gasteiger partial charge in [0.05, 0.1) is 5.92 Å². The summed E-state index contributed by atoms with van der Waals surface area (Å²) in [7, 11) is 0. The summed E-state index contributed by atoms with van der Waals surface area (Å²) in [6.07, 6.45) is 3.30. The van der Waals surface area contributed by atoms with E-state index in [1.807, 2.05) is 30.7 Å². The third kappa shape index (κ3) is 2.80. The highest BCUT2D eigenvalue weighted by molar-refractivity contribution is 5.93. The predicted octanol–water partition coefficient (Wildman–Crippen LogP) is 2.01. The number of hydrogen-bond donors (Lipinski definition) is 1. The van der Waals surface area contributed by atoms with Crippen LogP contribution in [0.4, 0.5) is 0 Å². The largest absolute Gasteiger partial charge is 0.481 e. The third-order valence-corrected chi connectivity index (χ3v) is 3.61. The van der Waals surface area contributed by atoms with Gasteiger partial charge in [0.15, 0.2) is 0 Å². The lowest BCUT2D eigenvalue weighted by molar-refractivity contribution is -0.143. The molecule has 0 unspecified atom stereocenters. The number of aliphatic carboxylic acids is 1. The average Bonchev–Trinajstić information content (AvgIpc) is 2.87. The van der Waals surface area contributed by atoms with E-state index in [1.165, 1.54) is 0 Å². The van der Waals surface area contributed by atoms with Gasteiger partial charge in [-0.2, -0.15) is 0 Å². The Labute approximate surface area is 112 Å². The molecule has 104 valence electrons. The third-order valence-electron chi connectivity index (χ3n) is 3.61. The molecule has 2 heterocycles. The number of likely N-dealkylation sites (tertiary alicyclic amines) is 1. The summed E-state index contributed by atoms with van der Waals surface area (Å²) >= 11 is 0. The van der Waals surface area contributed by atoms with Crippen molar-refractivity contribution in [2.24, 2.45) is 5.92 Å². The molecule has 1 N–H and O–H groups in total. The lowest BCUT2D eigenvalue weighted by Crippen LogP contribution is -2.43. The molecule has 1 amide bonds.